The van der Waals surface area contributed by atoms with Crippen LogP contribution in [-0.2, 0) is 6.42 Å². The summed E-state index contributed by atoms with van der Waals surface area (Å²) >= 11 is 1.27. The van der Waals surface area contributed by atoms with E-state index in [9.17, 15) is 4.79 Å². The number of hydrogen-bond donors (Lipinski definition) is 2. The molecule has 1 amide bonds. The second kappa shape index (κ2) is 8.05. The Kier molecular flexibility index (Phi) is 5.58. The molecule has 0 atom stereocenters. The molecule has 3 rings (SSSR count). The largest absolute Gasteiger partial charge is 0.370 e. The lowest BCUT2D eigenvalue weighted by atomic mass is 9.85. The number of amides is 1. The number of carbonyl (C=O) groups is 1. The zero-order valence-electron chi connectivity index (χ0n) is 14.8. The Balaban J connectivity index is 1.54. The normalized spacial score (nSPS) is 11.2. The van der Waals surface area contributed by atoms with Crippen molar-refractivity contribution in [2.45, 2.75) is 20.3 Å². The fraction of sp³-hybridized carbons (Fsp3) is 0.263. The second-order valence-corrected chi connectivity index (χ2v) is 7.64. The van der Waals surface area contributed by atoms with Crippen molar-refractivity contribution in [3.05, 3.63) is 65.3 Å². The molecule has 0 aliphatic carbocycles. The summed E-state index contributed by atoms with van der Waals surface area (Å²) in [6, 6.07) is 14.0. The van der Waals surface area contributed by atoms with E-state index in [0.29, 0.717) is 10.7 Å². The molecule has 6 nitrogen and oxygen atoms in total. The molecule has 3 aromatic rings. The van der Waals surface area contributed by atoms with Gasteiger partial charge in [-0.05, 0) is 29.5 Å². The highest BCUT2D eigenvalue weighted by Crippen LogP contribution is 2.22. The van der Waals surface area contributed by atoms with Gasteiger partial charge in [-0.25, -0.2) is 4.98 Å². The van der Waals surface area contributed by atoms with Gasteiger partial charge in [0.1, 0.15) is 11.3 Å². The van der Waals surface area contributed by atoms with Crippen LogP contribution in [0.1, 0.15) is 29.8 Å². The molecule has 2 heterocycles. The number of anilines is 2. The molecule has 0 unspecified atom stereocenters. The average molecular weight is 367 g/mol. The van der Waals surface area contributed by atoms with Gasteiger partial charge in [0.05, 0.1) is 5.56 Å². The smallest absolute Gasteiger partial charge is 0.259 e. The Morgan fingerprint density at radius 1 is 1.15 bits per heavy atom. The van der Waals surface area contributed by atoms with E-state index in [1.165, 1.54) is 16.9 Å². The maximum absolute atomic E-state index is 12.1. The van der Waals surface area contributed by atoms with E-state index in [1.807, 2.05) is 12.1 Å². The van der Waals surface area contributed by atoms with Crippen molar-refractivity contribution in [2.24, 2.45) is 5.41 Å². The fourth-order valence-electron chi connectivity index (χ4n) is 2.57. The Bertz CT molecular complexity index is 832. The van der Waals surface area contributed by atoms with Crippen molar-refractivity contribution < 1.29 is 4.79 Å². The number of nitrogens with one attached hydrogen (secondary N) is 2. The van der Waals surface area contributed by atoms with Crippen LogP contribution in [0, 0.1) is 5.41 Å². The number of nitrogens with zero attached hydrogens (tertiary/aromatic N) is 3. The summed E-state index contributed by atoms with van der Waals surface area (Å²) in [5, 5.41) is 14.0. The van der Waals surface area contributed by atoms with Crippen LogP contribution in [0.3, 0.4) is 0 Å². The molecule has 0 bridgehead atoms. The zero-order chi connectivity index (χ0) is 18.4. The summed E-state index contributed by atoms with van der Waals surface area (Å²) in [7, 11) is 0. The maximum atomic E-state index is 12.1. The SMILES string of the molecule is CC(C)(CNc1ccc(C(=O)Nc2nncs2)cn1)Cc1ccccc1. The first-order valence-corrected chi connectivity index (χ1v) is 9.21. The molecule has 7 heteroatoms. The van der Waals surface area contributed by atoms with Gasteiger partial charge >= 0.3 is 0 Å². The molecular weight excluding hydrogens is 346 g/mol. The van der Waals surface area contributed by atoms with Crippen molar-refractivity contribution in [3.8, 4) is 0 Å². The highest BCUT2D eigenvalue weighted by molar-refractivity contribution is 7.13. The Labute approximate surface area is 156 Å². The van der Waals surface area contributed by atoms with Crippen molar-refractivity contribution >= 4 is 28.2 Å². The third-order valence-corrected chi connectivity index (χ3v) is 4.49. The minimum absolute atomic E-state index is 0.0803. The van der Waals surface area contributed by atoms with Crippen LogP contribution in [0.5, 0.6) is 0 Å². The van der Waals surface area contributed by atoms with Crippen LogP contribution in [0.15, 0.2) is 54.2 Å². The first kappa shape index (κ1) is 18.0. The Morgan fingerprint density at radius 2 is 1.96 bits per heavy atom. The molecule has 1 aromatic carbocycles. The van der Waals surface area contributed by atoms with Crippen LogP contribution in [0.4, 0.5) is 10.9 Å². The summed E-state index contributed by atoms with van der Waals surface area (Å²) in [6.45, 7) is 5.22. The second-order valence-electron chi connectivity index (χ2n) is 6.81. The fourth-order valence-corrected chi connectivity index (χ4v) is 3.01. The summed E-state index contributed by atoms with van der Waals surface area (Å²) in [6.07, 6.45) is 2.53. The van der Waals surface area contributed by atoms with Crippen molar-refractivity contribution in [3.63, 3.8) is 0 Å². The Hall–Kier alpha value is -2.80. The minimum atomic E-state index is -0.245. The number of benzene rings is 1. The summed E-state index contributed by atoms with van der Waals surface area (Å²) in [4.78, 5) is 16.4. The number of pyridine rings is 1. The van der Waals surface area contributed by atoms with Gasteiger partial charge in [-0.1, -0.05) is 55.5 Å². The van der Waals surface area contributed by atoms with Crippen molar-refractivity contribution in [2.75, 3.05) is 17.2 Å². The number of hydrogen-bond acceptors (Lipinski definition) is 6. The third kappa shape index (κ3) is 5.10. The van der Waals surface area contributed by atoms with Crippen LogP contribution < -0.4 is 10.6 Å². The summed E-state index contributed by atoms with van der Waals surface area (Å²) in [5.74, 6) is 0.504. The van der Waals surface area contributed by atoms with Crippen LogP contribution in [0.2, 0.25) is 0 Å². The van der Waals surface area contributed by atoms with Crippen LogP contribution >= 0.6 is 11.3 Å². The molecule has 0 fully saturated rings. The number of carbonyl (C=O) groups excluding carboxylic acids is 1. The van der Waals surface area contributed by atoms with Crippen molar-refractivity contribution in [1.82, 2.24) is 15.2 Å². The zero-order valence-corrected chi connectivity index (χ0v) is 15.6. The minimum Gasteiger partial charge on any atom is -0.370 e. The van der Waals surface area contributed by atoms with Gasteiger partial charge in [-0.15, -0.1) is 10.2 Å². The lowest BCUT2D eigenvalue weighted by Gasteiger charge is -2.25. The molecular formula is C19H21N5OS. The van der Waals surface area contributed by atoms with Gasteiger partial charge in [0.15, 0.2) is 0 Å². The molecule has 0 saturated heterocycles. The summed E-state index contributed by atoms with van der Waals surface area (Å²) in [5.41, 5.74) is 3.44. The highest BCUT2D eigenvalue weighted by Gasteiger charge is 2.18. The lowest BCUT2D eigenvalue weighted by molar-refractivity contribution is 0.102. The summed E-state index contributed by atoms with van der Waals surface area (Å²) < 4.78 is 0. The Morgan fingerprint density at radius 3 is 2.62 bits per heavy atom. The molecule has 2 aromatic heterocycles. The molecule has 0 spiro atoms. The predicted octanol–water partition coefficient (Wildman–Crippen LogP) is 3.87. The monoisotopic (exact) mass is 367 g/mol. The van der Waals surface area contributed by atoms with E-state index >= 15 is 0 Å². The number of rotatable bonds is 7. The van der Waals surface area contributed by atoms with Gasteiger partial charge in [0.25, 0.3) is 5.91 Å². The van der Waals surface area contributed by atoms with Gasteiger partial charge in [0, 0.05) is 12.7 Å². The standard InChI is InChI=1S/C19H21N5OS/c1-19(2,10-14-6-4-3-5-7-14)12-21-16-9-8-15(11-20-16)17(25)23-18-24-22-13-26-18/h3-9,11,13H,10,12H2,1-2H3,(H,20,21)(H,23,24,25). The van der Waals surface area contributed by atoms with Crippen LogP contribution in [0.25, 0.3) is 0 Å². The maximum Gasteiger partial charge on any atom is 0.259 e. The molecule has 0 aliphatic rings. The van der Waals surface area contributed by atoms with E-state index in [1.54, 1.807) is 17.8 Å². The quantitative estimate of drug-likeness (QED) is 0.663. The van der Waals surface area contributed by atoms with Gasteiger partial charge < -0.3 is 5.32 Å². The molecule has 2 N–H and O–H groups in total. The van der Waals surface area contributed by atoms with Gasteiger partial charge in [-0.3, -0.25) is 10.1 Å². The van der Waals surface area contributed by atoms with Gasteiger partial charge in [0.2, 0.25) is 5.13 Å². The van der Waals surface area contributed by atoms with E-state index < -0.39 is 0 Å². The predicted molar refractivity (Wildman–Crippen MR) is 105 cm³/mol. The van der Waals surface area contributed by atoms with E-state index in [4.69, 9.17) is 0 Å². The van der Waals surface area contributed by atoms with Crippen molar-refractivity contribution in [1.29, 1.82) is 0 Å². The lowest BCUT2D eigenvalue weighted by Crippen LogP contribution is -2.26. The van der Waals surface area contributed by atoms with E-state index in [2.05, 4.69) is 63.9 Å². The van der Waals surface area contributed by atoms with E-state index in [0.717, 1.165) is 18.8 Å². The molecule has 134 valence electrons. The first-order valence-electron chi connectivity index (χ1n) is 8.33. The highest BCUT2D eigenvalue weighted by atomic mass is 32.1. The molecule has 0 radical (unpaired) electrons. The molecule has 0 saturated carbocycles. The molecule has 26 heavy (non-hydrogen) atoms. The third-order valence-electron chi connectivity index (χ3n) is 3.88. The first-order chi connectivity index (χ1) is 12.5. The van der Waals surface area contributed by atoms with E-state index in [-0.39, 0.29) is 11.3 Å². The van der Waals surface area contributed by atoms with Gasteiger partial charge in [-0.2, -0.15) is 0 Å². The molecule has 0 aliphatic heterocycles. The average Bonchev–Trinajstić information content (AvgIpc) is 3.14. The number of aromatic nitrogens is 3. The topological polar surface area (TPSA) is 79.8 Å². The van der Waals surface area contributed by atoms with Crippen LogP contribution in [-0.4, -0.2) is 27.6 Å².